The Labute approximate surface area is 151 Å². The predicted octanol–water partition coefficient (Wildman–Crippen LogP) is 3.36. The van der Waals surface area contributed by atoms with Crippen molar-refractivity contribution in [3.8, 4) is 5.69 Å². The molecule has 124 valence electrons. The van der Waals surface area contributed by atoms with E-state index in [1.807, 2.05) is 31.4 Å². The third-order valence-corrected chi connectivity index (χ3v) is 5.01. The van der Waals surface area contributed by atoms with E-state index in [4.69, 9.17) is 11.6 Å². The zero-order chi connectivity index (χ0) is 16.8. The van der Waals surface area contributed by atoms with Crippen LogP contribution in [0.25, 0.3) is 16.6 Å². The second kappa shape index (κ2) is 5.89. The minimum absolute atomic E-state index is 0.142. The normalized spacial score (nSPS) is 14.3. The first kappa shape index (κ1) is 15.7. The van der Waals surface area contributed by atoms with Crippen molar-refractivity contribution in [1.82, 2.24) is 19.6 Å². The molecular formula is C16H15BrClN5O. The van der Waals surface area contributed by atoms with E-state index in [1.54, 1.807) is 4.68 Å². The molecule has 3 aromatic rings. The van der Waals surface area contributed by atoms with Crippen molar-refractivity contribution in [3.05, 3.63) is 44.4 Å². The van der Waals surface area contributed by atoms with Gasteiger partial charge in [0.15, 0.2) is 4.60 Å². The largest absolute Gasteiger partial charge is 0.381 e. The molecule has 1 aliphatic carbocycles. The van der Waals surface area contributed by atoms with Crippen LogP contribution in [0.5, 0.6) is 0 Å². The molecule has 4 rings (SSSR count). The molecule has 8 heteroatoms. The van der Waals surface area contributed by atoms with Crippen molar-refractivity contribution >= 4 is 44.1 Å². The van der Waals surface area contributed by atoms with E-state index in [-0.39, 0.29) is 10.6 Å². The van der Waals surface area contributed by atoms with E-state index in [2.05, 4.69) is 31.4 Å². The molecule has 0 bridgehead atoms. The van der Waals surface area contributed by atoms with Crippen molar-refractivity contribution in [2.24, 2.45) is 13.0 Å². The van der Waals surface area contributed by atoms with Crippen molar-refractivity contribution < 1.29 is 0 Å². The van der Waals surface area contributed by atoms with Gasteiger partial charge in [-0.15, -0.1) is 0 Å². The Morgan fingerprint density at radius 3 is 2.92 bits per heavy atom. The Balaban J connectivity index is 1.77. The Hall–Kier alpha value is -1.86. The molecule has 2 heterocycles. The van der Waals surface area contributed by atoms with Crippen LogP contribution in [0.15, 0.2) is 33.8 Å². The number of nitrogens with zero attached hydrogens (tertiary/aromatic N) is 4. The molecule has 1 saturated carbocycles. The highest BCUT2D eigenvalue weighted by atomic mass is 79.9. The molecule has 0 aliphatic heterocycles. The summed E-state index contributed by atoms with van der Waals surface area (Å²) in [6, 6.07) is 5.54. The van der Waals surface area contributed by atoms with E-state index in [1.165, 1.54) is 17.5 Å². The van der Waals surface area contributed by atoms with E-state index >= 15 is 0 Å². The van der Waals surface area contributed by atoms with Crippen molar-refractivity contribution in [3.63, 3.8) is 0 Å². The number of aryl methyl sites for hydroxylation is 1. The summed E-state index contributed by atoms with van der Waals surface area (Å²) in [4.78, 5) is 12.6. The molecule has 0 amide bonds. The van der Waals surface area contributed by atoms with Crippen LogP contribution in [-0.4, -0.2) is 26.1 Å². The van der Waals surface area contributed by atoms with Gasteiger partial charge in [0.2, 0.25) is 0 Å². The Morgan fingerprint density at radius 1 is 1.38 bits per heavy atom. The zero-order valence-electron chi connectivity index (χ0n) is 13.0. The smallest absolute Gasteiger partial charge is 0.292 e. The standard InChI is InChI=1S/C16H15BrClN5O/c1-22-8-10-6-11(4-5-12(10)20-22)23-16(24)13(18)14(15(17)21-23)19-7-9-2-3-9/h4-6,8-9,19H,2-3,7H2,1H3. The minimum Gasteiger partial charge on any atom is -0.381 e. The van der Waals surface area contributed by atoms with Crippen LogP contribution in [0.3, 0.4) is 0 Å². The quantitative estimate of drug-likeness (QED) is 0.719. The summed E-state index contributed by atoms with van der Waals surface area (Å²) in [5.41, 5.74) is 1.73. The lowest BCUT2D eigenvalue weighted by Gasteiger charge is -2.12. The molecule has 6 nitrogen and oxygen atoms in total. The van der Waals surface area contributed by atoms with Gasteiger partial charge in [0, 0.05) is 25.2 Å². The minimum atomic E-state index is -0.346. The third-order valence-electron chi connectivity index (χ3n) is 4.11. The monoisotopic (exact) mass is 407 g/mol. The van der Waals surface area contributed by atoms with Gasteiger partial charge in [-0.2, -0.15) is 14.9 Å². The first-order chi connectivity index (χ1) is 11.5. The van der Waals surface area contributed by atoms with Gasteiger partial charge in [-0.05, 0) is 52.9 Å². The number of rotatable bonds is 4. The molecule has 0 saturated heterocycles. The molecule has 1 aromatic carbocycles. The van der Waals surface area contributed by atoms with Gasteiger partial charge in [0.25, 0.3) is 5.56 Å². The van der Waals surface area contributed by atoms with Gasteiger partial charge in [-0.1, -0.05) is 11.6 Å². The Kier molecular flexibility index (Phi) is 3.85. The summed E-state index contributed by atoms with van der Waals surface area (Å²) < 4.78 is 3.57. The first-order valence-corrected chi connectivity index (χ1v) is 8.86. The van der Waals surface area contributed by atoms with Crippen molar-refractivity contribution in [1.29, 1.82) is 0 Å². The van der Waals surface area contributed by atoms with Gasteiger partial charge in [0.05, 0.1) is 16.9 Å². The van der Waals surface area contributed by atoms with Gasteiger partial charge >= 0.3 is 0 Å². The van der Waals surface area contributed by atoms with E-state index in [9.17, 15) is 4.79 Å². The number of anilines is 1. The third kappa shape index (κ3) is 2.82. The summed E-state index contributed by atoms with van der Waals surface area (Å²) in [5, 5.41) is 13.0. The van der Waals surface area contributed by atoms with Crippen LogP contribution < -0.4 is 10.9 Å². The molecule has 1 N–H and O–H groups in total. The zero-order valence-corrected chi connectivity index (χ0v) is 15.3. The average molecular weight is 409 g/mol. The summed E-state index contributed by atoms with van der Waals surface area (Å²) >= 11 is 9.72. The van der Waals surface area contributed by atoms with Gasteiger partial charge in [-0.25, -0.2) is 0 Å². The molecule has 0 unspecified atom stereocenters. The topological polar surface area (TPSA) is 64.7 Å². The number of halogens is 2. The maximum absolute atomic E-state index is 12.6. The van der Waals surface area contributed by atoms with Crippen LogP contribution in [-0.2, 0) is 7.05 Å². The summed E-state index contributed by atoms with van der Waals surface area (Å²) in [6.07, 6.45) is 4.34. The van der Waals surface area contributed by atoms with Crippen LogP contribution in [0.1, 0.15) is 12.8 Å². The fourth-order valence-electron chi connectivity index (χ4n) is 2.64. The highest BCUT2D eigenvalue weighted by Crippen LogP contribution is 2.32. The molecule has 1 aliphatic rings. The summed E-state index contributed by atoms with van der Waals surface area (Å²) in [5.74, 6) is 0.670. The first-order valence-electron chi connectivity index (χ1n) is 7.69. The number of aromatic nitrogens is 4. The Bertz CT molecular complexity index is 992. The number of nitrogens with one attached hydrogen (secondary N) is 1. The second-order valence-electron chi connectivity index (χ2n) is 6.07. The number of hydrogen-bond acceptors (Lipinski definition) is 4. The lowest BCUT2D eigenvalue weighted by molar-refractivity contribution is 0.780. The second-order valence-corrected chi connectivity index (χ2v) is 7.20. The van der Waals surface area contributed by atoms with Crippen LogP contribution in [0.4, 0.5) is 5.69 Å². The highest BCUT2D eigenvalue weighted by Gasteiger charge is 2.23. The number of fused-ring (bicyclic) bond motifs is 1. The molecule has 0 atom stereocenters. The Morgan fingerprint density at radius 2 is 2.17 bits per heavy atom. The van der Waals surface area contributed by atoms with E-state index in [0.717, 1.165) is 17.4 Å². The fraction of sp³-hybridized carbons (Fsp3) is 0.312. The van der Waals surface area contributed by atoms with Gasteiger partial charge < -0.3 is 5.32 Å². The van der Waals surface area contributed by atoms with Gasteiger partial charge in [0.1, 0.15) is 5.02 Å². The molecule has 0 spiro atoms. The molecule has 2 aromatic heterocycles. The van der Waals surface area contributed by atoms with Crippen molar-refractivity contribution in [2.45, 2.75) is 12.8 Å². The van der Waals surface area contributed by atoms with Crippen LogP contribution >= 0.6 is 27.5 Å². The predicted molar refractivity (Wildman–Crippen MR) is 98.0 cm³/mol. The molecule has 1 fully saturated rings. The van der Waals surface area contributed by atoms with E-state index in [0.29, 0.717) is 21.9 Å². The molecular weight excluding hydrogens is 394 g/mol. The summed E-state index contributed by atoms with van der Waals surface area (Å²) in [6.45, 7) is 0.811. The fourth-order valence-corrected chi connectivity index (χ4v) is 3.48. The van der Waals surface area contributed by atoms with Crippen LogP contribution in [0.2, 0.25) is 5.02 Å². The average Bonchev–Trinajstić information content (AvgIpc) is 3.30. The van der Waals surface area contributed by atoms with Gasteiger partial charge in [-0.3, -0.25) is 9.48 Å². The lowest BCUT2D eigenvalue weighted by atomic mass is 10.2. The summed E-state index contributed by atoms with van der Waals surface area (Å²) in [7, 11) is 1.86. The van der Waals surface area contributed by atoms with Crippen molar-refractivity contribution in [2.75, 3.05) is 11.9 Å². The number of hydrogen-bond donors (Lipinski definition) is 1. The SMILES string of the molecule is Cn1cc2cc(-n3nc(Br)c(NCC4CC4)c(Cl)c3=O)ccc2n1. The maximum Gasteiger partial charge on any atom is 0.292 e. The maximum atomic E-state index is 12.6. The lowest BCUT2D eigenvalue weighted by Crippen LogP contribution is -2.24. The highest BCUT2D eigenvalue weighted by molar-refractivity contribution is 9.10. The number of benzene rings is 1. The van der Waals surface area contributed by atoms with Crippen LogP contribution in [0, 0.1) is 5.92 Å². The molecule has 24 heavy (non-hydrogen) atoms. The molecule has 0 radical (unpaired) electrons. The van der Waals surface area contributed by atoms with E-state index < -0.39 is 0 Å².